The third-order valence-corrected chi connectivity index (χ3v) is 2.88. The second-order valence-electron chi connectivity index (χ2n) is 4.19. The molecule has 0 aliphatic heterocycles. The lowest BCUT2D eigenvalue weighted by molar-refractivity contribution is -0.147. The Morgan fingerprint density at radius 3 is 2.59 bits per heavy atom. The highest BCUT2D eigenvalue weighted by atomic mass is 16.5. The molecule has 2 rings (SSSR count). The summed E-state index contributed by atoms with van der Waals surface area (Å²) in [6, 6.07) is 5.15. The Labute approximate surface area is 99.1 Å². The summed E-state index contributed by atoms with van der Waals surface area (Å²) in [5, 5.41) is 8.75. The third kappa shape index (κ3) is 2.61. The molecule has 0 unspecified atom stereocenters. The second-order valence-corrected chi connectivity index (χ2v) is 4.19. The fourth-order valence-electron chi connectivity index (χ4n) is 1.84. The van der Waals surface area contributed by atoms with Crippen molar-refractivity contribution in [2.45, 2.75) is 18.9 Å². The largest absolute Gasteiger partial charge is 0.497 e. The van der Waals surface area contributed by atoms with E-state index in [0.717, 1.165) is 0 Å². The monoisotopic (exact) mass is 237 g/mol. The lowest BCUT2D eigenvalue weighted by Crippen LogP contribution is -2.38. The highest BCUT2D eigenvalue weighted by Crippen LogP contribution is 2.33. The van der Waals surface area contributed by atoms with Gasteiger partial charge in [0.1, 0.15) is 17.6 Å². The van der Waals surface area contributed by atoms with Gasteiger partial charge in [-0.1, -0.05) is 0 Å². The minimum atomic E-state index is -0.755. The van der Waals surface area contributed by atoms with E-state index in [1.807, 2.05) is 0 Å². The van der Waals surface area contributed by atoms with Crippen molar-refractivity contribution in [1.29, 1.82) is 0 Å². The average Bonchev–Trinajstić information content (AvgIpc) is 2.21. The van der Waals surface area contributed by atoms with Gasteiger partial charge >= 0.3 is 5.97 Å². The predicted octanol–water partition coefficient (Wildman–Crippen LogP) is 1.52. The SMILES string of the molecule is COc1cc(N)cc(OC2CC(C(=O)O)C2)c1. The van der Waals surface area contributed by atoms with Gasteiger partial charge in [-0.25, -0.2) is 0 Å². The van der Waals surface area contributed by atoms with Gasteiger partial charge in [0.25, 0.3) is 0 Å². The van der Waals surface area contributed by atoms with Crippen LogP contribution in [-0.2, 0) is 4.79 Å². The average molecular weight is 237 g/mol. The normalized spacial score (nSPS) is 22.6. The topological polar surface area (TPSA) is 81.8 Å². The maximum Gasteiger partial charge on any atom is 0.306 e. The Kier molecular flexibility index (Phi) is 3.08. The lowest BCUT2D eigenvalue weighted by atomic mass is 9.82. The van der Waals surface area contributed by atoms with Gasteiger partial charge in [-0.05, 0) is 12.8 Å². The molecule has 0 saturated heterocycles. The molecule has 0 atom stereocenters. The van der Waals surface area contributed by atoms with E-state index in [-0.39, 0.29) is 12.0 Å². The summed E-state index contributed by atoms with van der Waals surface area (Å²) in [6.45, 7) is 0. The first kappa shape index (κ1) is 11.6. The number of nitrogen functional groups attached to an aromatic ring is 1. The van der Waals surface area contributed by atoms with E-state index in [4.69, 9.17) is 20.3 Å². The van der Waals surface area contributed by atoms with Gasteiger partial charge in [0.05, 0.1) is 13.0 Å². The Morgan fingerprint density at radius 2 is 2.00 bits per heavy atom. The quantitative estimate of drug-likeness (QED) is 0.776. The molecule has 0 spiro atoms. The fourth-order valence-corrected chi connectivity index (χ4v) is 1.84. The van der Waals surface area contributed by atoms with Crippen LogP contribution in [0.4, 0.5) is 5.69 Å². The molecule has 0 aromatic heterocycles. The number of carboxylic acid groups (broad SMARTS) is 1. The molecule has 3 N–H and O–H groups in total. The molecule has 0 radical (unpaired) electrons. The standard InChI is InChI=1S/C12H15NO4/c1-16-9-4-8(13)5-11(6-9)17-10-2-7(3-10)12(14)15/h4-7,10H,2-3,13H2,1H3,(H,14,15). The summed E-state index contributed by atoms with van der Waals surface area (Å²) in [4.78, 5) is 10.6. The van der Waals surface area contributed by atoms with E-state index in [1.54, 1.807) is 25.3 Å². The first-order chi connectivity index (χ1) is 8.08. The third-order valence-electron chi connectivity index (χ3n) is 2.88. The fraction of sp³-hybridized carbons (Fsp3) is 0.417. The number of anilines is 1. The Morgan fingerprint density at radius 1 is 1.35 bits per heavy atom. The van der Waals surface area contributed by atoms with Crippen molar-refractivity contribution in [3.05, 3.63) is 18.2 Å². The van der Waals surface area contributed by atoms with E-state index < -0.39 is 5.97 Å². The van der Waals surface area contributed by atoms with Crippen molar-refractivity contribution < 1.29 is 19.4 Å². The van der Waals surface area contributed by atoms with Crippen LogP contribution < -0.4 is 15.2 Å². The van der Waals surface area contributed by atoms with Gasteiger partial charge in [-0.2, -0.15) is 0 Å². The number of hydrogen-bond acceptors (Lipinski definition) is 4. The van der Waals surface area contributed by atoms with Crippen LogP contribution in [0, 0.1) is 5.92 Å². The van der Waals surface area contributed by atoms with Crippen molar-refractivity contribution in [2.24, 2.45) is 5.92 Å². The lowest BCUT2D eigenvalue weighted by Gasteiger charge is -2.32. The molecule has 1 aromatic carbocycles. The number of methoxy groups -OCH3 is 1. The van der Waals surface area contributed by atoms with E-state index in [0.29, 0.717) is 30.0 Å². The van der Waals surface area contributed by atoms with Crippen molar-refractivity contribution in [1.82, 2.24) is 0 Å². The molecular formula is C12H15NO4. The first-order valence-corrected chi connectivity index (χ1v) is 5.42. The molecule has 5 heteroatoms. The number of carboxylic acids is 1. The molecule has 92 valence electrons. The van der Waals surface area contributed by atoms with E-state index >= 15 is 0 Å². The van der Waals surface area contributed by atoms with Gasteiger partial charge < -0.3 is 20.3 Å². The highest BCUT2D eigenvalue weighted by molar-refractivity contribution is 5.71. The van der Waals surface area contributed by atoms with Crippen LogP contribution in [-0.4, -0.2) is 24.3 Å². The summed E-state index contributed by atoms with van der Waals surface area (Å²) in [6.07, 6.45) is 1.06. The molecule has 1 aromatic rings. The molecule has 17 heavy (non-hydrogen) atoms. The van der Waals surface area contributed by atoms with Gasteiger partial charge in [0, 0.05) is 23.9 Å². The summed E-state index contributed by atoms with van der Waals surface area (Å²) in [5.41, 5.74) is 6.25. The number of benzene rings is 1. The van der Waals surface area contributed by atoms with Gasteiger partial charge in [-0.3, -0.25) is 4.79 Å². The van der Waals surface area contributed by atoms with Crippen LogP contribution in [0.25, 0.3) is 0 Å². The molecule has 1 fully saturated rings. The van der Waals surface area contributed by atoms with E-state index in [2.05, 4.69) is 0 Å². The summed E-state index contributed by atoms with van der Waals surface area (Å²) in [7, 11) is 1.56. The Hall–Kier alpha value is -1.91. The van der Waals surface area contributed by atoms with Crippen molar-refractivity contribution in [2.75, 3.05) is 12.8 Å². The van der Waals surface area contributed by atoms with Crippen LogP contribution in [0.1, 0.15) is 12.8 Å². The van der Waals surface area contributed by atoms with Crippen LogP contribution in [0.3, 0.4) is 0 Å². The summed E-state index contributed by atoms with van der Waals surface area (Å²) < 4.78 is 10.7. The van der Waals surface area contributed by atoms with E-state index in [1.165, 1.54) is 0 Å². The number of ether oxygens (including phenoxy) is 2. The van der Waals surface area contributed by atoms with Crippen molar-refractivity contribution >= 4 is 11.7 Å². The zero-order valence-corrected chi connectivity index (χ0v) is 9.55. The second kappa shape index (κ2) is 4.53. The molecule has 5 nitrogen and oxygen atoms in total. The highest BCUT2D eigenvalue weighted by Gasteiger charge is 2.36. The van der Waals surface area contributed by atoms with Crippen LogP contribution in [0.5, 0.6) is 11.5 Å². The maximum atomic E-state index is 10.6. The van der Waals surface area contributed by atoms with Gasteiger partial charge in [0.2, 0.25) is 0 Å². The van der Waals surface area contributed by atoms with Crippen LogP contribution in [0.2, 0.25) is 0 Å². The Balaban J connectivity index is 1.96. The number of carbonyl (C=O) groups is 1. The predicted molar refractivity (Wildman–Crippen MR) is 62.2 cm³/mol. The smallest absolute Gasteiger partial charge is 0.306 e. The number of nitrogens with two attached hydrogens (primary N) is 1. The van der Waals surface area contributed by atoms with Crippen LogP contribution in [0.15, 0.2) is 18.2 Å². The Bertz CT molecular complexity index is 427. The van der Waals surface area contributed by atoms with E-state index in [9.17, 15) is 4.79 Å². The zero-order valence-electron chi connectivity index (χ0n) is 9.55. The zero-order chi connectivity index (χ0) is 12.4. The summed E-state index contributed by atoms with van der Waals surface area (Å²) in [5.74, 6) is 0.225. The maximum absolute atomic E-state index is 10.6. The molecular weight excluding hydrogens is 222 g/mol. The molecule has 1 aliphatic carbocycles. The number of rotatable bonds is 4. The van der Waals surface area contributed by atoms with Crippen LogP contribution >= 0.6 is 0 Å². The molecule has 0 amide bonds. The molecule has 0 bridgehead atoms. The first-order valence-electron chi connectivity index (χ1n) is 5.42. The molecule has 1 aliphatic rings. The van der Waals surface area contributed by atoms with Gasteiger partial charge in [-0.15, -0.1) is 0 Å². The van der Waals surface area contributed by atoms with Gasteiger partial charge in [0.15, 0.2) is 0 Å². The minimum absolute atomic E-state index is 0.0393. The minimum Gasteiger partial charge on any atom is -0.497 e. The summed E-state index contributed by atoms with van der Waals surface area (Å²) >= 11 is 0. The van der Waals surface area contributed by atoms with Crippen molar-refractivity contribution in [3.8, 4) is 11.5 Å². The number of hydrogen-bond donors (Lipinski definition) is 2. The molecule has 1 saturated carbocycles. The number of aliphatic carboxylic acids is 1. The van der Waals surface area contributed by atoms with Crippen molar-refractivity contribution in [3.63, 3.8) is 0 Å². The molecule has 0 heterocycles.